The highest BCUT2D eigenvalue weighted by Crippen LogP contribution is 2.33. The zero-order valence-corrected chi connectivity index (χ0v) is 11.5. The van der Waals surface area contributed by atoms with Gasteiger partial charge in [0.05, 0.1) is 18.5 Å². The zero-order chi connectivity index (χ0) is 13.1. The lowest BCUT2D eigenvalue weighted by Gasteiger charge is -2.37. The predicted molar refractivity (Wildman–Crippen MR) is 76.3 cm³/mol. The summed E-state index contributed by atoms with van der Waals surface area (Å²) in [4.78, 5) is 4.67. The van der Waals surface area contributed by atoms with Crippen molar-refractivity contribution in [3.8, 4) is 5.75 Å². The Hall–Kier alpha value is -1.42. The van der Waals surface area contributed by atoms with Crippen LogP contribution in [0.4, 0.5) is 11.4 Å². The van der Waals surface area contributed by atoms with Gasteiger partial charge in [-0.15, -0.1) is 0 Å². The number of para-hydroxylation sites is 1. The molecule has 2 N–H and O–H groups in total. The molecule has 1 aromatic carbocycles. The zero-order valence-electron chi connectivity index (χ0n) is 11.5. The average Bonchev–Trinajstić information content (AvgIpc) is 2.39. The third-order valence-corrected chi connectivity index (χ3v) is 3.80. The van der Waals surface area contributed by atoms with Crippen LogP contribution in [0.2, 0.25) is 0 Å². The molecule has 0 saturated carbocycles. The lowest BCUT2D eigenvalue weighted by Crippen LogP contribution is -2.42. The number of nitrogen functional groups attached to an aromatic ring is 1. The Kier molecular flexibility index (Phi) is 3.97. The number of anilines is 2. The number of nitrogens with zero attached hydrogens (tertiary/aromatic N) is 2. The van der Waals surface area contributed by atoms with Crippen molar-refractivity contribution in [2.75, 3.05) is 44.9 Å². The third-order valence-electron chi connectivity index (χ3n) is 3.80. The monoisotopic (exact) mass is 249 g/mol. The summed E-state index contributed by atoms with van der Waals surface area (Å²) < 4.78 is 5.28. The molecule has 1 fully saturated rings. The van der Waals surface area contributed by atoms with Gasteiger partial charge >= 0.3 is 0 Å². The Bertz CT molecular complexity index is 398. The summed E-state index contributed by atoms with van der Waals surface area (Å²) in [6, 6.07) is 6.68. The van der Waals surface area contributed by atoms with E-state index in [-0.39, 0.29) is 0 Å². The van der Waals surface area contributed by atoms with Gasteiger partial charge in [-0.1, -0.05) is 6.07 Å². The molecule has 1 saturated heterocycles. The van der Waals surface area contributed by atoms with Crippen LogP contribution in [-0.4, -0.2) is 45.2 Å². The van der Waals surface area contributed by atoms with Gasteiger partial charge in [-0.25, -0.2) is 0 Å². The fourth-order valence-corrected chi connectivity index (χ4v) is 2.61. The van der Waals surface area contributed by atoms with Crippen LogP contribution < -0.4 is 15.4 Å². The van der Waals surface area contributed by atoms with Crippen molar-refractivity contribution in [2.24, 2.45) is 0 Å². The SMILES string of the molecule is COc1cccc(N2CCC(N(C)C)CC2)c1N. The number of rotatable bonds is 3. The Morgan fingerprint density at radius 2 is 1.94 bits per heavy atom. The van der Waals surface area contributed by atoms with E-state index < -0.39 is 0 Å². The van der Waals surface area contributed by atoms with Gasteiger partial charge in [-0.05, 0) is 39.1 Å². The highest BCUT2D eigenvalue weighted by atomic mass is 16.5. The molecule has 4 heteroatoms. The maximum Gasteiger partial charge on any atom is 0.143 e. The Morgan fingerprint density at radius 1 is 1.28 bits per heavy atom. The van der Waals surface area contributed by atoms with Crippen LogP contribution in [0, 0.1) is 0 Å². The molecule has 0 amide bonds. The van der Waals surface area contributed by atoms with E-state index in [0.717, 1.165) is 30.2 Å². The maximum atomic E-state index is 6.14. The molecule has 0 atom stereocenters. The fraction of sp³-hybridized carbons (Fsp3) is 0.571. The van der Waals surface area contributed by atoms with Crippen LogP contribution in [0.25, 0.3) is 0 Å². The van der Waals surface area contributed by atoms with Crippen molar-refractivity contribution in [3.05, 3.63) is 18.2 Å². The standard InChI is InChI=1S/C14H23N3O/c1-16(2)11-7-9-17(10-8-11)12-5-4-6-13(18-3)14(12)15/h4-6,11H,7-10,15H2,1-3H3. The van der Waals surface area contributed by atoms with Gasteiger partial charge in [0.15, 0.2) is 0 Å². The van der Waals surface area contributed by atoms with E-state index in [9.17, 15) is 0 Å². The summed E-state index contributed by atoms with van der Waals surface area (Å²) >= 11 is 0. The van der Waals surface area contributed by atoms with Crippen molar-refractivity contribution in [1.82, 2.24) is 4.90 Å². The smallest absolute Gasteiger partial charge is 0.143 e. The van der Waals surface area contributed by atoms with E-state index in [4.69, 9.17) is 10.5 Å². The van der Waals surface area contributed by atoms with Crippen LogP contribution in [0.1, 0.15) is 12.8 Å². The van der Waals surface area contributed by atoms with Crippen molar-refractivity contribution < 1.29 is 4.74 Å². The molecule has 1 aromatic rings. The molecule has 1 aliphatic rings. The molecule has 18 heavy (non-hydrogen) atoms. The minimum Gasteiger partial charge on any atom is -0.495 e. The Morgan fingerprint density at radius 3 is 2.50 bits per heavy atom. The highest BCUT2D eigenvalue weighted by Gasteiger charge is 2.22. The molecule has 0 bridgehead atoms. The van der Waals surface area contributed by atoms with Gasteiger partial charge in [0.25, 0.3) is 0 Å². The van der Waals surface area contributed by atoms with Gasteiger partial charge in [0.1, 0.15) is 5.75 Å². The first-order valence-electron chi connectivity index (χ1n) is 6.47. The molecule has 1 heterocycles. The van der Waals surface area contributed by atoms with E-state index in [1.807, 2.05) is 12.1 Å². The van der Waals surface area contributed by atoms with E-state index in [2.05, 4.69) is 30.0 Å². The van der Waals surface area contributed by atoms with E-state index in [0.29, 0.717) is 6.04 Å². The third kappa shape index (κ3) is 2.53. The molecule has 0 unspecified atom stereocenters. The molecular weight excluding hydrogens is 226 g/mol. The number of ether oxygens (including phenoxy) is 1. The second-order valence-corrected chi connectivity index (χ2v) is 5.07. The number of nitrogens with two attached hydrogens (primary N) is 1. The Labute approximate surface area is 109 Å². The summed E-state index contributed by atoms with van der Waals surface area (Å²) in [5, 5.41) is 0. The van der Waals surface area contributed by atoms with Crippen LogP contribution >= 0.6 is 0 Å². The van der Waals surface area contributed by atoms with Gasteiger partial charge in [-0.3, -0.25) is 0 Å². The van der Waals surface area contributed by atoms with E-state index in [1.165, 1.54) is 12.8 Å². The topological polar surface area (TPSA) is 41.7 Å². The van der Waals surface area contributed by atoms with E-state index >= 15 is 0 Å². The summed E-state index contributed by atoms with van der Waals surface area (Å²) in [6.07, 6.45) is 2.37. The van der Waals surface area contributed by atoms with Crippen molar-refractivity contribution in [3.63, 3.8) is 0 Å². The molecule has 0 radical (unpaired) electrons. The lowest BCUT2D eigenvalue weighted by molar-refractivity contribution is 0.249. The minimum absolute atomic E-state index is 0.688. The van der Waals surface area contributed by atoms with Crippen molar-refractivity contribution >= 4 is 11.4 Å². The maximum absolute atomic E-state index is 6.14. The number of piperidine rings is 1. The predicted octanol–water partition coefficient (Wildman–Crippen LogP) is 1.81. The molecule has 100 valence electrons. The lowest BCUT2D eigenvalue weighted by atomic mass is 10.0. The first kappa shape index (κ1) is 13.0. The fourth-order valence-electron chi connectivity index (χ4n) is 2.61. The van der Waals surface area contributed by atoms with Crippen LogP contribution in [0.15, 0.2) is 18.2 Å². The van der Waals surface area contributed by atoms with Crippen molar-refractivity contribution in [1.29, 1.82) is 0 Å². The second-order valence-electron chi connectivity index (χ2n) is 5.07. The van der Waals surface area contributed by atoms with E-state index in [1.54, 1.807) is 7.11 Å². The minimum atomic E-state index is 0.688. The Balaban J connectivity index is 2.10. The van der Waals surface area contributed by atoms with Gasteiger partial charge in [0, 0.05) is 19.1 Å². The van der Waals surface area contributed by atoms with Crippen LogP contribution in [0.3, 0.4) is 0 Å². The molecule has 0 spiro atoms. The number of hydrogen-bond acceptors (Lipinski definition) is 4. The first-order valence-corrected chi connectivity index (χ1v) is 6.47. The van der Waals surface area contributed by atoms with Crippen LogP contribution in [-0.2, 0) is 0 Å². The average molecular weight is 249 g/mol. The quantitative estimate of drug-likeness (QED) is 0.830. The molecule has 0 aliphatic carbocycles. The number of hydrogen-bond donors (Lipinski definition) is 1. The normalized spacial score (nSPS) is 17.2. The van der Waals surface area contributed by atoms with Gasteiger partial charge in [0.2, 0.25) is 0 Å². The van der Waals surface area contributed by atoms with Gasteiger partial charge in [-0.2, -0.15) is 0 Å². The molecular formula is C14H23N3O. The summed E-state index contributed by atoms with van der Waals surface area (Å²) in [6.45, 7) is 2.11. The number of benzene rings is 1. The first-order chi connectivity index (χ1) is 8.63. The van der Waals surface area contributed by atoms with Gasteiger partial charge < -0.3 is 20.3 Å². The largest absolute Gasteiger partial charge is 0.495 e. The summed E-state index contributed by atoms with van der Waals surface area (Å²) in [5.41, 5.74) is 8.00. The summed E-state index contributed by atoms with van der Waals surface area (Å²) in [5.74, 6) is 0.766. The van der Waals surface area contributed by atoms with Crippen LogP contribution in [0.5, 0.6) is 5.75 Å². The molecule has 4 nitrogen and oxygen atoms in total. The number of methoxy groups -OCH3 is 1. The molecule has 1 aliphatic heterocycles. The molecule has 0 aromatic heterocycles. The van der Waals surface area contributed by atoms with Crippen molar-refractivity contribution in [2.45, 2.75) is 18.9 Å². The second kappa shape index (κ2) is 5.48. The molecule has 2 rings (SSSR count). The summed E-state index contributed by atoms with van der Waals surface area (Å²) in [7, 11) is 5.97. The highest BCUT2D eigenvalue weighted by molar-refractivity contribution is 5.74.